The van der Waals surface area contributed by atoms with Gasteiger partial charge < -0.3 is 4.90 Å². The largest absolute Gasteiger partial charge is 0.371 e. The van der Waals surface area contributed by atoms with Gasteiger partial charge in [-0.25, -0.2) is 0 Å². The van der Waals surface area contributed by atoms with Gasteiger partial charge in [0.1, 0.15) is 0 Å². The summed E-state index contributed by atoms with van der Waals surface area (Å²) in [6, 6.07) is 0. The zero-order valence-electron chi connectivity index (χ0n) is 28.3. The third-order valence-electron chi connectivity index (χ3n) is 9.58. The molecule has 1 saturated carbocycles. The molecule has 2 aliphatic heterocycles. The van der Waals surface area contributed by atoms with Gasteiger partial charge in [0.05, 0.1) is 11.4 Å². The van der Waals surface area contributed by atoms with Crippen LogP contribution in [0.3, 0.4) is 0 Å². The van der Waals surface area contributed by atoms with Crippen LogP contribution in [-0.4, -0.2) is 42.2 Å². The smallest absolute Gasteiger partial charge is 0.183 e. The van der Waals surface area contributed by atoms with Crippen molar-refractivity contribution in [2.24, 2.45) is 33.7 Å². The molecule has 0 amide bonds. The molecule has 2 unspecified atom stereocenters. The summed E-state index contributed by atoms with van der Waals surface area (Å²) in [4.78, 5) is 25.1. The van der Waals surface area contributed by atoms with Crippen molar-refractivity contribution in [3.63, 3.8) is 0 Å². The first-order valence-electron chi connectivity index (χ1n) is 16.5. The molecule has 2 heterocycles. The Balaban J connectivity index is 1.89. The molecule has 0 spiro atoms. The Hall–Kier alpha value is -3.53. The summed E-state index contributed by atoms with van der Waals surface area (Å²) >= 11 is 0. The Kier molecular flexibility index (Phi) is 13.1. The summed E-state index contributed by atoms with van der Waals surface area (Å²) in [5, 5.41) is 0. The van der Waals surface area contributed by atoms with Crippen molar-refractivity contribution < 1.29 is 4.79 Å². The molecular weight excluding hydrogens is 538 g/mol. The predicted octanol–water partition coefficient (Wildman–Crippen LogP) is 9.74. The number of hydrogen-bond donors (Lipinski definition) is 0. The van der Waals surface area contributed by atoms with Gasteiger partial charge in [0, 0.05) is 44.0 Å². The van der Waals surface area contributed by atoms with Gasteiger partial charge in [-0.1, -0.05) is 101 Å². The summed E-state index contributed by atoms with van der Waals surface area (Å²) in [5.41, 5.74) is 8.33. The van der Waals surface area contributed by atoms with E-state index in [1.54, 1.807) is 13.1 Å². The first kappa shape index (κ1) is 35.0. The van der Waals surface area contributed by atoms with Crippen LogP contribution in [0.25, 0.3) is 0 Å². The lowest BCUT2D eigenvalue weighted by Gasteiger charge is -2.30. The van der Waals surface area contributed by atoms with E-state index in [0.29, 0.717) is 35.2 Å². The molecule has 4 nitrogen and oxygen atoms in total. The van der Waals surface area contributed by atoms with Crippen LogP contribution in [-0.2, 0) is 4.79 Å². The third kappa shape index (κ3) is 9.24. The minimum atomic E-state index is -0.114. The first-order chi connectivity index (χ1) is 21.0. The molecule has 0 radical (unpaired) electrons. The molecule has 3 rings (SSSR count). The van der Waals surface area contributed by atoms with E-state index in [1.807, 2.05) is 25.2 Å². The molecular formula is C40H55N3O. The second kappa shape index (κ2) is 16.5. The summed E-state index contributed by atoms with van der Waals surface area (Å²) in [5.74, 6) is 1.94. The fourth-order valence-electron chi connectivity index (χ4n) is 6.34. The van der Waals surface area contributed by atoms with Gasteiger partial charge in [0.2, 0.25) is 0 Å². The topological polar surface area (TPSA) is 45.0 Å². The SMILES string of the molecule is C=C/C(C)=C\C(C)/C(=C\C(=N/C)C1=CC(=O)C(=C)CC(/C=C\C(=C/C)N2CCC(CC3CCC3)C(=C)[C@H](C)C2)=N1)C(=C)CC. The number of nitrogens with zero attached hydrogens (tertiary/aromatic N) is 3. The lowest BCUT2D eigenvalue weighted by atomic mass is 9.75. The molecule has 4 heteroatoms. The van der Waals surface area contributed by atoms with E-state index in [-0.39, 0.29) is 11.7 Å². The number of hydrogen-bond acceptors (Lipinski definition) is 4. The van der Waals surface area contributed by atoms with Crippen molar-refractivity contribution in [3.8, 4) is 0 Å². The van der Waals surface area contributed by atoms with Gasteiger partial charge in [-0.05, 0) is 86.2 Å². The van der Waals surface area contributed by atoms with E-state index in [9.17, 15) is 4.79 Å². The predicted molar refractivity (Wildman–Crippen MR) is 191 cm³/mol. The lowest BCUT2D eigenvalue weighted by Crippen LogP contribution is -2.26. The maximum Gasteiger partial charge on any atom is 0.183 e. The van der Waals surface area contributed by atoms with Gasteiger partial charge in [-0.3, -0.25) is 14.8 Å². The highest BCUT2D eigenvalue weighted by molar-refractivity contribution is 6.19. The maximum absolute atomic E-state index is 13.0. The van der Waals surface area contributed by atoms with E-state index < -0.39 is 0 Å². The van der Waals surface area contributed by atoms with Crippen LogP contribution in [0.4, 0.5) is 0 Å². The zero-order valence-corrected chi connectivity index (χ0v) is 28.3. The van der Waals surface area contributed by atoms with Crippen LogP contribution in [0.1, 0.15) is 79.6 Å². The fraction of sp³-hybridized carbons (Fsp3) is 0.475. The van der Waals surface area contributed by atoms with Crippen molar-refractivity contribution in [1.29, 1.82) is 0 Å². The molecule has 3 aliphatic rings. The Labute approximate surface area is 267 Å². The number of likely N-dealkylation sites (tertiary alicyclic amines) is 1. The number of ketones is 1. The van der Waals surface area contributed by atoms with Crippen molar-refractivity contribution in [2.75, 3.05) is 20.1 Å². The molecule has 1 saturated heterocycles. The second-order valence-electron chi connectivity index (χ2n) is 12.8. The molecule has 0 N–H and O–H groups in total. The second-order valence-corrected chi connectivity index (χ2v) is 12.8. The quantitative estimate of drug-likeness (QED) is 0.0978. The third-order valence-corrected chi connectivity index (χ3v) is 9.58. The molecule has 2 fully saturated rings. The molecule has 44 heavy (non-hydrogen) atoms. The van der Waals surface area contributed by atoms with Crippen LogP contribution in [0.5, 0.6) is 0 Å². The molecule has 0 aromatic heterocycles. The van der Waals surface area contributed by atoms with Gasteiger partial charge >= 0.3 is 0 Å². The lowest BCUT2D eigenvalue weighted by molar-refractivity contribution is -0.111. The zero-order chi connectivity index (χ0) is 32.4. The Morgan fingerprint density at radius 3 is 2.57 bits per heavy atom. The van der Waals surface area contributed by atoms with E-state index in [4.69, 9.17) is 4.99 Å². The van der Waals surface area contributed by atoms with Gasteiger partial charge in [-0.2, -0.15) is 0 Å². The summed E-state index contributed by atoms with van der Waals surface area (Å²) in [7, 11) is 1.74. The normalized spacial score (nSPS) is 24.0. The Bertz CT molecular complexity index is 1350. The molecule has 0 aromatic carbocycles. The Morgan fingerprint density at radius 2 is 1.98 bits per heavy atom. The minimum Gasteiger partial charge on any atom is -0.371 e. The first-order valence-corrected chi connectivity index (χ1v) is 16.5. The number of allylic oxidation sites excluding steroid dienone is 11. The van der Waals surface area contributed by atoms with Crippen LogP contribution in [0.15, 0.2) is 118 Å². The minimum absolute atomic E-state index is 0.107. The number of carbonyl (C=O) groups is 1. The van der Waals surface area contributed by atoms with E-state index in [1.165, 1.54) is 37.0 Å². The van der Waals surface area contributed by atoms with Gasteiger partial charge in [-0.15, -0.1) is 0 Å². The molecule has 1 aliphatic carbocycles. The van der Waals surface area contributed by atoms with Gasteiger partial charge in [0.25, 0.3) is 0 Å². The number of aliphatic imine (C=N–C) groups is 2. The fourth-order valence-corrected chi connectivity index (χ4v) is 6.34. The molecule has 0 aromatic rings. The molecule has 236 valence electrons. The average molecular weight is 594 g/mol. The van der Waals surface area contributed by atoms with Crippen LogP contribution in [0, 0.1) is 23.7 Å². The maximum atomic E-state index is 13.0. The van der Waals surface area contributed by atoms with E-state index in [0.717, 1.165) is 54.3 Å². The van der Waals surface area contributed by atoms with Crippen LogP contribution >= 0.6 is 0 Å². The van der Waals surface area contributed by atoms with E-state index in [2.05, 4.69) is 82.1 Å². The summed E-state index contributed by atoms with van der Waals surface area (Å²) in [6.07, 6.45) is 21.8. The standard InChI is InChI=1S/C40H55N3O/c1-11-27(4)21-29(6)37(28(5)12-2)24-38(41-10)39-25-40(44)30(7)22-35(42-39)17-18-36(13-3)43-20-19-34(23-33-15-14-16-33)32(9)31(8)26-43/h11,13,17-18,21,24-25,29,31,33-34H,1,5,7,9,12,14-16,19-20,22-23,26H2,2-4,6,8,10H3/b18-17-,27-21-,36-13+,37-24-,41-38+/t29?,31-,34?/m1/s1. The summed E-state index contributed by atoms with van der Waals surface area (Å²) in [6.45, 7) is 29.5. The van der Waals surface area contributed by atoms with Crippen molar-refractivity contribution in [2.45, 2.75) is 79.6 Å². The highest BCUT2D eigenvalue weighted by Crippen LogP contribution is 2.39. The van der Waals surface area contributed by atoms with Crippen molar-refractivity contribution >= 4 is 17.2 Å². The van der Waals surface area contributed by atoms with Crippen LogP contribution < -0.4 is 0 Å². The average Bonchev–Trinajstić information content (AvgIpc) is 3.21. The highest BCUT2D eigenvalue weighted by atomic mass is 16.1. The highest BCUT2D eigenvalue weighted by Gasteiger charge is 2.29. The van der Waals surface area contributed by atoms with Crippen LogP contribution in [0.2, 0.25) is 0 Å². The van der Waals surface area contributed by atoms with Gasteiger partial charge in [0.15, 0.2) is 5.78 Å². The van der Waals surface area contributed by atoms with Crippen molar-refractivity contribution in [3.05, 3.63) is 108 Å². The Morgan fingerprint density at radius 1 is 1.25 bits per heavy atom. The molecule has 0 bridgehead atoms. The number of rotatable bonds is 12. The van der Waals surface area contributed by atoms with Crippen molar-refractivity contribution in [1.82, 2.24) is 4.90 Å². The van der Waals surface area contributed by atoms with E-state index >= 15 is 0 Å². The number of carbonyl (C=O) groups excluding carboxylic acids is 1. The monoisotopic (exact) mass is 593 g/mol. The molecule has 3 atom stereocenters. The summed E-state index contributed by atoms with van der Waals surface area (Å²) < 4.78 is 0.